The Morgan fingerprint density at radius 1 is 1.53 bits per heavy atom. The highest BCUT2D eigenvalue weighted by molar-refractivity contribution is 5.93. The molecule has 3 rings (SSSR count). The van der Waals surface area contributed by atoms with Gasteiger partial charge in [0.15, 0.2) is 0 Å². The standard InChI is InChI=1S/C12H13N3O2/c1-2-7-3-4-10(17-7)8-5-11(16)14-12-9(8)6-13-15-12/h3-4,6,8H,2,5H2,1H3,(H2,13,14,15,16)/t8-/m0/s1. The van der Waals surface area contributed by atoms with Gasteiger partial charge in [-0.2, -0.15) is 5.10 Å². The summed E-state index contributed by atoms with van der Waals surface area (Å²) in [4.78, 5) is 11.6. The Labute approximate surface area is 98.2 Å². The first-order chi connectivity index (χ1) is 8.28. The third-order valence-corrected chi connectivity index (χ3v) is 3.07. The minimum Gasteiger partial charge on any atom is -0.465 e. The number of rotatable bonds is 2. The van der Waals surface area contributed by atoms with Crippen LogP contribution in [-0.4, -0.2) is 16.1 Å². The molecule has 1 atom stereocenters. The molecule has 2 aromatic heterocycles. The summed E-state index contributed by atoms with van der Waals surface area (Å²) in [5, 5.41) is 9.51. The van der Waals surface area contributed by atoms with Crippen molar-refractivity contribution in [1.29, 1.82) is 0 Å². The van der Waals surface area contributed by atoms with E-state index in [1.807, 2.05) is 19.1 Å². The van der Waals surface area contributed by atoms with Gasteiger partial charge in [-0.1, -0.05) is 6.92 Å². The zero-order valence-corrected chi connectivity index (χ0v) is 9.49. The number of anilines is 1. The summed E-state index contributed by atoms with van der Waals surface area (Å²) in [5.41, 5.74) is 0.988. The number of nitrogens with one attached hydrogen (secondary N) is 2. The van der Waals surface area contributed by atoms with E-state index in [2.05, 4.69) is 15.5 Å². The minimum absolute atomic E-state index is 0.0128. The highest BCUT2D eigenvalue weighted by Crippen LogP contribution is 2.36. The van der Waals surface area contributed by atoms with Gasteiger partial charge in [-0.15, -0.1) is 0 Å². The van der Waals surface area contributed by atoms with E-state index in [0.29, 0.717) is 12.2 Å². The number of furan rings is 1. The number of nitrogens with zero attached hydrogens (tertiary/aromatic N) is 1. The molecule has 3 heterocycles. The minimum atomic E-state index is -0.0298. The van der Waals surface area contributed by atoms with Crippen LogP contribution in [0.15, 0.2) is 22.7 Å². The van der Waals surface area contributed by atoms with Crippen LogP contribution < -0.4 is 5.32 Å². The summed E-state index contributed by atoms with van der Waals surface area (Å²) >= 11 is 0. The van der Waals surface area contributed by atoms with Gasteiger partial charge in [0.2, 0.25) is 5.91 Å². The first kappa shape index (κ1) is 10.1. The van der Waals surface area contributed by atoms with Gasteiger partial charge in [0.1, 0.15) is 17.3 Å². The van der Waals surface area contributed by atoms with E-state index >= 15 is 0 Å². The first-order valence-corrected chi connectivity index (χ1v) is 5.69. The number of aryl methyl sites for hydroxylation is 1. The summed E-state index contributed by atoms with van der Waals surface area (Å²) in [6.07, 6.45) is 3.01. The molecule has 5 nitrogen and oxygen atoms in total. The Bertz CT molecular complexity index is 556. The number of aromatic nitrogens is 2. The number of fused-ring (bicyclic) bond motifs is 1. The molecule has 0 radical (unpaired) electrons. The van der Waals surface area contributed by atoms with E-state index in [1.54, 1.807) is 6.20 Å². The Morgan fingerprint density at radius 2 is 2.41 bits per heavy atom. The number of hydrogen-bond donors (Lipinski definition) is 2. The third kappa shape index (κ3) is 1.63. The molecule has 0 saturated carbocycles. The lowest BCUT2D eigenvalue weighted by molar-refractivity contribution is -0.116. The second-order valence-electron chi connectivity index (χ2n) is 4.16. The monoisotopic (exact) mass is 231 g/mol. The Morgan fingerprint density at radius 3 is 3.18 bits per heavy atom. The van der Waals surface area contributed by atoms with E-state index in [4.69, 9.17) is 4.42 Å². The predicted molar refractivity (Wildman–Crippen MR) is 61.8 cm³/mol. The van der Waals surface area contributed by atoms with Gasteiger partial charge in [0, 0.05) is 18.4 Å². The molecule has 17 heavy (non-hydrogen) atoms. The van der Waals surface area contributed by atoms with Crippen LogP contribution in [0, 0.1) is 0 Å². The van der Waals surface area contributed by atoms with Crippen LogP contribution in [0.5, 0.6) is 0 Å². The predicted octanol–water partition coefficient (Wildman–Crippen LogP) is 2.04. The Balaban J connectivity index is 2.01. The van der Waals surface area contributed by atoms with Gasteiger partial charge < -0.3 is 9.73 Å². The largest absolute Gasteiger partial charge is 0.465 e. The molecule has 1 aliphatic heterocycles. The van der Waals surface area contributed by atoms with Crippen LogP contribution in [0.4, 0.5) is 5.82 Å². The molecule has 1 amide bonds. The molecule has 0 fully saturated rings. The quantitative estimate of drug-likeness (QED) is 0.830. The molecule has 0 bridgehead atoms. The normalized spacial score (nSPS) is 18.9. The molecule has 0 unspecified atom stereocenters. The lowest BCUT2D eigenvalue weighted by atomic mass is 9.92. The number of hydrogen-bond acceptors (Lipinski definition) is 3. The molecule has 5 heteroatoms. The van der Waals surface area contributed by atoms with Crippen molar-refractivity contribution in [2.45, 2.75) is 25.7 Å². The average molecular weight is 231 g/mol. The second kappa shape index (κ2) is 3.76. The lowest BCUT2D eigenvalue weighted by Gasteiger charge is -2.19. The molecule has 1 aliphatic rings. The number of amides is 1. The summed E-state index contributed by atoms with van der Waals surface area (Å²) in [5.74, 6) is 2.41. The molecule has 0 saturated heterocycles. The van der Waals surface area contributed by atoms with Crippen molar-refractivity contribution in [3.05, 3.63) is 35.4 Å². The zero-order chi connectivity index (χ0) is 11.8. The smallest absolute Gasteiger partial charge is 0.226 e. The fourth-order valence-electron chi connectivity index (χ4n) is 2.17. The fourth-order valence-corrected chi connectivity index (χ4v) is 2.17. The van der Waals surface area contributed by atoms with Gasteiger partial charge in [0.25, 0.3) is 0 Å². The van der Waals surface area contributed by atoms with Crippen molar-refractivity contribution in [2.24, 2.45) is 0 Å². The third-order valence-electron chi connectivity index (χ3n) is 3.07. The summed E-state index contributed by atoms with van der Waals surface area (Å²) < 4.78 is 5.73. The maximum absolute atomic E-state index is 11.6. The van der Waals surface area contributed by atoms with Gasteiger partial charge >= 0.3 is 0 Å². The van der Waals surface area contributed by atoms with Gasteiger partial charge in [0.05, 0.1) is 12.1 Å². The zero-order valence-electron chi connectivity index (χ0n) is 9.49. The van der Waals surface area contributed by atoms with Crippen molar-refractivity contribution < 1.29 is 9.21 Å². The van der Waals surface area contributed by atoms with Crippen LogP contribution in [0.25, 0.3) is 0 Å². The van der Waals surface area contributed by atoms with E-state index in [0.717, 1.165) is 23.5 Å². The summed E-state index contributed by atoms with van der Waals surface area (Å²) in [6.45, 7) is 2.04. The molecule has 2 N–H and O–H groups in total. The molecule has 88 valence electrons. The van der Waals surface area contributed by atoms with Gasteiger partial charge in [-0.25, -0.2) is 0 Å². The van der Waals surface area contributed by atoms with Gasteiger partial charge in [-0.3, -0.25) is 9.89 Å². The molecular weight excluding hydrogens is 218 g/mol. The molecular formula is C12H13N3O2. The van der Waals surface area contributed by atoms with Crippen LogP contribution in [0.2, 0.25) is 0 Å². The molecule has 0 aliphatic carbocycles. The number of H-pyrrole nitrogens is 1. The molecule has 0 spiro atoms. The second-order valence-corrected chi connectivity index (χ2v) is 4.16. The van der Waals surface area contributed by atoms with Crippen molar-refractivity contribution in [3.63, 3.8) is 0 Å². The maximum atomic E-state index is 11.6. The Kier molecular flexibility index (Phi) is 2.24. The van der Waals surface area contributed by atoms with Crippen LogP contribution >= 0.6 is 0 Å². The van der Waals surface area contributed by atoms with Crippen molar-refractivity contribution >= 4 is 11.7 Å². The van der Waals surface area contributed by atoms with Crippen molar-refractivity contribution in [3.8, 4) is 0 Å². The Hall–Kier alpha value is -2.04. The number of carbonyl (C=O) groups is 1. The topological polar surface area (TPSA) is 70.9 Å². The van der Waals surface area contributed by atoms with Crippen LogP contribution in [0.1, 0.15) is 36.3 Å². The number of carbonyl (C=O) groups excluding carboxylic acids is 1. The van der Waals surface area contributed by atoms with E-state index in [9.17, 15) is 4.79 Å². The van der Waals surface area contributed by atoms with Crippen molar-refractivity contribution in [1.82, 2.24) is 10.2 Å². The van der Waals surface area contributed by atoms with E-state index in [-0.39, 0.29) is 11.8 Å². The summed E-state index contributed by atoms with van der Waals surface area (Å²) in [6, 6.07) is 3.90. The SMILES string of the molecule is CCc1ccc([C@H]2CC(=O)Nc3[nH]ncc32)o1. The van der Waals surface area contributed by atoms with Crippen LogP contribution in [0.3, 0.4) is 0 Å². The highest BCUT2D eigenvalue weighted by atomic mass is 16.3. The number of aromatic amines is 1. The molecule has 2 aromatic rings. The van der Waals surface area contributed by atoms with E-state index in [1.165, 1.54) is 0 Å². The van der Waals surface area contributed by atoms with Crippen molar-refractivity contribution in [2.75, 3.05) is 5.32 Å². The summed E-state index contributed by atoms with van der Waals surface area (Å²) in [7, 11) is 0. The van der Waals surface area contributed by atoms with Crippen LogP contribution in [-0.2, 0) is 11.2 Å². The van der Waals surface area contributed by atoms with Gasteiger partial charge in [-0.05, 0) is 12.1 Å². The first-order valence-electron chi connectivity index (χ1n) is 5.69. The average Bonchev–Trinajstić information content (AvgIpc) is 2.95. The maximum Gasteiger partial charge on any atom is 0.226 e. The lowest BCUT2D eigenvalue weighted by Crippen LogP contribution is -2.22. The highest BCUT2D eigenvalue weighted by Gasteiger charge is 2.30. The molecule has 0 aromatic carbocycles. The van der Waals surface area contributed by atoms with E-state index < -0.39 is 0 Å². The fraction of sp³-hybridized carbons (Fsp3) is 0.333.